The monoisotopic (exact) mass is 503 g/mol. The number of halogens is 1. The van der Waals surface area contributed by atoms with Gasteiger partial charge >= 0.3 is 0 Å². The van der Waals surface area contributed by atoms with Crippen LogP contribution in [-0.2, 0) is 20.8 Å². The highest BCUT2D eigenvalue weighted by atomic mass is 35.5. The summed E-state index contributed by atoms with van der Waals surface area (Å²) in [4.78, 5) is 43.3. The van der Waals surface area contributed by atoms with E-state index in [-0.39, 0.29) is 24.3 Å². The topological polar surface area (TPSA) is 83.7 Å². The molecule has 36 heavy (non-hydrogen) atoms. The van der Waals surface area contributed by atoms with Gasteiger partial charge in [0.1, 0.15) is 12.1 Å². The third-order valence-corrected chi connectivity index (χ3v) is 7.02. The molecule has 2 N–H and O–H groups in total. The second kappa shape index (κ2) is 11.0. The van der Waals surface area contributed by atoms with Crippen molar-refractivity contribution in [2.45, 2.75) is 44.8 Å². The predicted molar refractivity (Wildman–Crippen MR) is 142 cm³/mol. The summed E-state index contributed by atoms with van der Waals surface area (Å²) in [5, 5.41) is 2.52. The van der Waals surface area contributed by atoms with Crippen molar-refractivity contribution >= 4 is 40.1 Å². The van der Waals surface area contributed by atoms with E-state index >= 15 is 0 Å². The van der Waals surface area contributed by atoms with Gasteiger partial charge < -0.3 is 15.5 Å². The molecule has 1 fully saturated rings. The number of fused-ring (bicyclic) bond motifs is 1. The average molecular weight is 504 g/mol. The minimum atomic E-state index is -0.931. The van der Waals surface area contributed by atoms with Crippen molar-refractivity contribution < 1.29 is 14.4 Å². The van der Waals surface area contributed by atoms with Crippen molar-refractivity contribution in [3.63, 3.8) is 0 Å². The zero-order valence-electron chi connectivity index (χ0n) is 20.4. The Hall–Kier alpha value is -3.64. The third-order valence-electron chi connectivity index (χ3n) is 6.78. The highest BCUT2D eigenvalue weighted by Crippen LogP contribution is 2.33. The first-order chi connectivity index (χ1) is 17.3. The molecule has 1 heterocycles. The Bertz CT molecular complexity index is 1320. The van der Waals surface area contributed by atoms with Crippen molar-refractivity contribution in [1.82, 2.24) is 9.80 Å². The van der Waals surface area contributed by atoms with E-state index in [1.165, 1.54) is 6.08 Å². The van der Waals surface area contributed by atoms with Crippen molar-refractivity contribution in [2.75, 3.05) is 6.54 Å². The zero-order valence-corrected chi connectivity index (χ0v) is 21.2. The number of nitrogens with two attached hydrogens (primary N) is 1. The lowest BCUT2D eigenvalue weighted by molar-refractivity contribution is -0.146. The summed E-state index contributed by atoms with van der Waals surface area (Å²) in [5.74, 6) is -1.19. The maximum Gasteiger partial charge on any atom is 0.250 e. The predicted octanol–water partition coefficient (Wildman–Crippen LogP) is 4.66. The van der Waals surface area contributed by atoms with Crippen LogP contribution in [0.15, 0.2) is 78.9 Å². The number of rotatable bonds is 6. The van der Waals surface area contributed by atoms with Crippen LogP contribution in [0.3, 0.4) is 0 Å². The number of hydrogen-bond donors (Lipinski definition) is 1. The van der Waals surface area contributed by atoms with Gasteiger partial charge in [0.05, 0.1) is 0 Å². The molecule has 4 rings (SSSR count). The Morgan fingerprint density at radius 1 is 1.11 bits per heavy atom. The van der Waals surface area contributed by atoms with Gasteiger partial charge in [-0.15, -0.1) is 0 Å². The minimum absolute atomic E-state index is 0.252. The van der Waals surface area contributed by atoms with E-state index in [0.717, 1.165) is 16.3 Å². The minimum Gasteiger partial charge on any atom is -0.368 e. The summed E-state index contributed by atoms with van der Waals surface area (Å²) in [5.41, 5.74) is 7.44. The smallest absolute Gasteiger partial charge is 0.250 e. The van der Waals surface area contributed by atoms with Crippen LogP contribution in [0.25, 0.3) is 10.8 Å². The first-order valence-corrected chi connectivity index (χ1v) is 12.5. The first-order valence-electron chi connectivity index (χ1n) is 12.1. The fraction of sp³-hybridized carbons (Fsp3) is 0.276. The van der Waals surface area contributed by atoms with Crippen LogP contribution in [-0.4, -0.2) is 46.1 Å². The van der Waals surface area contributed by atoms with E-state index in [1.807, 2.05) is 49.4 Å². The van der Waals surface area contributed by atoms with Gasteiger partial charge in [0.2, 0.25) is 11.8 Å². The van der Waals surface area contributed by atoms with Crippen LogP contribution < -0.4 is 5.73 Å². The highest BCUT2D eigenvalue weighted by Gasteiger charge is 2.42. The van der Waals surface area contributed by atoms with Crippen molar-refractivity contribution in [2.24, 2.45) is 5.73 Å². The molecular formula is C29H30ClN3O3. The van der Waals surface area contributed by atoms with Crippen LogP contribution in [0.2, 0.25) is 5.02 Å². The number of hydrogen-bond acceptors (Lipinski definition) is 3. The number of amides is 3. The molecule has 1 saturated heterocycles. The Balaban J connectivity index is 1.78. The van der Waals surface area contributed by atoms with Crippen molar-refractivity contribution in [1.29, 1.82) is 0 Å². The number of benzene rings is 3. The molecule has 3 atom stereocenters. The van der Waals surface area contributed by atoms with Crippen molar-refractivity contribution in [3.05, 3.63) is 95.0 Å². The summed E-state index contributed by atoms with van der Waals surface area (Å²) >= 11 is 6.27. The molecule has 3 amide bonds. The van der Waals surface area contributed by atoms with E-state index in [4.69, 9.17) is 17.3 Å². The molecule has 0 saturated carbocycles. The van der Waals surface area contributed by atoms with Gasteiger partial charge in [-0.25, -0.2) is 0 Å². The molecule has 0 bridgehead atoms. The molecule has 0 radical (unpaired) electrons. The van der Waals surface area contributed by atoms with Crippen molar-refractivity contribution in [3.8, 4) is 0 Å². The van der Waals surface area contributed by atoms with Crippen LogP contribution >= 0.6 is 11.6 Å². The Morgan fingerprint density at radius 3 is 2.56 bits per heavy atom. The van der Waals surface area contributed by atoms with Crippen LogP contribution in [0.1, 0.15) is 37.4 Å². The van der Waals surface area contributed by atoms with E-state index in [1.54, 1.807) is 47.1 Å². The van der Waals surface area contributed by atoms with Crippen LogP contribution in [0.4, 0.5) is 0 Å². The lowest BCUT2D eigenvalue weighted by Crippen LogP contribution is -2.52. The van der Waals surface area contributed by atoms with E-state index in [2.05, 4.69) is 0 Å². The Labute approximate surface area is 216 Å². The number of primary amides is 1. The molecule has 186 valence electrons. The fourth-order valence-electron chi connectivity index (χ4n) is 5.01. The number of carbonyl (C=O) groups is 3. The largest absolute Gasteiger partial charge is 0.368 e. The Morgan fingerprint density at radius 2 is 1.83 bits per heavy atom. The molecule has 1 aliphatic heterocycles. The molecule has 0 aliphatic carbocycles. The zero-order chi connectivity index (χ0) is 25.8. The molecule has 0 spiro atoms. The van der Waals surface area contributed by atoms with E-state index < -0.39 is 18.0 Å². The molecular weight excluding hydrogens is 474 g/mol. The van der Waals surface area contributed by atoms with Gasteiger partial charge in [-0.2, -0.15) is 0 Å². The molecule has 1 aliphatic rings. The maximum absolute atomic E-state index is 14.2. The molecule has 7 heteroatoms. The number of allylic oxidation sites excluding steroid dienone is 1. The first kappa shape index (κ1) is 25.5. The molecule has 3 aromatic rings. The molecule has 6 nitrogen and oxygen atoms in total. The SMILES string of the molecule is C/C=C/C(=O)N1C(C)CCN(C(Cc2cccc3ccccc23)C(N)=O)C(=O)[C@H]1c1cccc(Cl)c1. The standard InChI is InChI=1S/C29H30ClN3O3/c1-3-8-26(34)33-19(2)15-16-32(29(36)27(33)22-12-7-13-23(30)17-22)25(28(31)35)18-21-11-6-10-20-9-4-5-14-24(20)21/h3-14,17,19,25,27H,15-16,18H2,1-2H3,(H2,31,35)/b8-3+/t19?,25?,27-/m1/s1. The van der Waals surface area contributed by atoms with E-state index in [9.17, 15) is 14.4 Å². The van der Waals surface area contributed by atoms with Gasteiger partial charge in [-0.05, 0) is 60.4 Å². The van der Waals surface area contributed by atoms with Gasteiger partial charge in [-0.3, -0.25) is 14.4 Å². The Kier molecular flexibility index (Phi) is 7.75. The lowest BCUT2D eigenvalue weighted by Gasteiger charge is -2.35. The molecule has 0 aromatic heterocycles. The lowest BCUT2D eigenvalue weighted by atomic mass is 9.96. The van der Waals surface area contributed by atoms with Crippen LogP contribution in [0, 0.1) is 0 Å². The third kappa shape index (κ3) is 5.14. The second-order valence-electron chi connectivity index (χ2n) is 9.13. The average Bonchev–Trinajstić information content (AvgIpc) is 2.98. The summed E-state index contributed by atoms with van der Waals surface area (Å²) in [6, 6.07) is 18.7. The summed E-state index contributed by atoms with van der Waals surface area (Å²) in [6.45, 7) is 3.98. The molecule has 2 unspecified atom stereocenters. The van der Waals surface area contributed by atoms with Gasteiger partial charge in [0.15, 0.2) is 0 Å². The fourth-order valence-corrected chi connectivity index (χ4v) is 5.21. The highest BCUT2D eigenvalue weighted by molar-refractivity contribution is 6.30. The molecule has 3 aromatic carbocycles. The maximum atomic E-state index is 14.2. The second-order valence-corrected chi connectivity index (χ2v) is 9.57. The summed E-state index contributed by atoms with van der Waals surface area (Å²) in [7, 11) is 0. The number of carbonyl (C=O) groups excluding carboxylic acids is 3. The van der Waals surface area contributed by atoms with Crippen LogP contribution in [0.5, 0.6) is 0 Å². The normalized spacial score (nSPS) is 19.5. The van der Waals surface area contributed by atoms with E-state index in [0.29, 0.717) is 23.6 Å². The summed E-state index contributed by atoms with van der Waals surface area (Å²) in [6.07, 6.45) is 3.90. The van der Waals surface area contributed by atoms with Gasteiger partial charge in [0.25, 0.3) is 5.91 Å². The van der Waals surface area contributed by atoms with Gasteiger partial charge in [-0.1, -0.05) is 72.3 Å². The summed E-state index contributed by atoms with van der Waals surface area (Å²) < 4.78 is 0. The quantitative estimate of drug-likeness (QED) is 0.497. The number of nitrogens with zero attached hydrogens (tertiary/aromatic N) is 2. The van der Waals surface area contributed by atoms with Gasteiger partial charge in [0, 0.05) is 24.0 Å².